The van der Waals surface area contributed by atoms with E-state index in [1.807, 2.05) is 0 Å². The van der Waals surface area contributed by atoms with Crippen molar-refractivity contribution in [2.45, 2.75) is 78.6 Å². The normalized spacial score (nSPS) is 20.1. The average molecular weight is 386 g/mol. The molecule has 0 unspecified atom stereocenters. The largest absolute Gasteiger partial charge is 0.492 e. The highest BCUT2D eigenvalue weighted by molar-refractivity contribution is 5.48. The van der Waals surface area contributed by atoms with E-state index in [9.17, 15) is 13.2 Å². The Labute approximate surface area is 161 Å². The Bertz CT molecular complexity index is 581. The summed E-state index contributed by atoms with van der Waals surface area (Å²) in [6.07, 6.45) is 6.65. The lowest BCUT2D eigenvalue weighted by atomic mass is 9.80. The zero-order valence-electron chi connectivity index (χ0n) is 16.8. The lowest BCUT2D eigenvalue weighted by molar-refractivity contribution is 0.130. The van der Waals surface area contributed by atoms with Crippen molar-refractivity contribution in [3.63, 3.8) is 0 Å². The molecule has 0 aromatic heterocycles. The molecule has 154 valence electrons. The van der Waals surface area contributed by atoms with Gasteiger partial charge in [0.2, 0.25) is 0 Å². The molecular weight excluding hydrogens is 353 g/mol. The Hall–Kier alpha value is -1.39. The van der Waals surface area contributed by atoms with Gasteiger partial charge in [-0.15, -0.1) is 0 Å². The summed E-state index contributed by atoms with van der Waals surface area (Å²) in [6.45, 7) is 6.16. The molecule has 1 aromatic rings. The summed E-state index contributed by atoms with van der Waals surface area (Å²) >= 11 is 0. The molecule has 1 fully saturated rings. The number of halogens is 3. The molecule has 0 saturated heterocycles. The van der Waals surface area contributed by atoms with Gasteiger partial charge in [0.25, 0.3) is 6.43 Å². The molecular formula is C22H33F3O2. The molecule has 1 aliphatic carbocycles. The summed E-state index contributed by atoms with van der Waals surface area (Å²) < 4.78 is 52.3. The van der Waals surface area contributed by atoms with Crippen molar-refractivity contribution in [1.29, 1.82) is 0 Å². The fourth-order valence-electron chi connectivity index (χ4n) is 3.99. The van der Waals surface area contributed by atoms with E-state index in [2.05, 4.69) is 6.92 Å². The molecule has 5 heteroatoms. The minimum absolute atomic E-state index is 0.0176. The second-order valence-electron chi connectivity index (χ2n) is 7.68. The number of ether oxygens (including phenoxy) is 2. The van der Waals surface area contributed by atoms with Gasteiger partial charge in [0, 0.05) is 0 Å². The lowest BCUT2D eigenvalue weighted by Gasteiger charge is -2.29. The van der Waals surface area contributed by atoms with Crippen molar-refractivity contribution in [3.8, 4) is 11.5 Å². The summed E-state index contributed by atoms with van der Waals surface area (Å²) in [5, 5.41) is 0. The van der Waals surface area contributed by atoms with Crippen LogP contribution < -0.4 is 9.47 Å². The summed E-state index contributed by atoms with van der Waals surface area (Å²) in [7, 11) is 0. The number of hydrogen-bond donors (Lipinski definition) is 0. The first-order chi connectivity index (χ1) is 13.0. The van der Waals surface area contributed by atoms with Crippen molar-refractivity contribution in [1.82, 2.24) is 0 Å². The SMILES string of the molecule is CCCCCC1CCC(COc2c(C)cc(OCC)c(F)c2C(F)F)CC1. The first-order valence-electron chi connectivity index (χ1n) is 10.3. The zero-order chi connectivity index (χ0) is 19.8. The van der Waals surface area contributed by atoms with Gasteiger partial charge in [0.05, 0.1) is 18.8 Å². The Morgan fingerprint density at radius 2 is 1.70 bits per heavy atom. The van der Waals surface area contributed by atoms with Crippen LogP contribution in [-0.4, -0.2) is 13.2 Å². The predicted octanol–water partition coefficient (Wildman–Crippen LogP) is 7.24. The maximum absolute atomic E-state index is 14.4. The van der Waals surface area contributed by atoms with Crippen molar-refractivity contribution in [2.75, 3.05) is 13.2 Å². The van der Waals surface area contributed by atoms with Crippen molar-refractivity contribution >= 4 is 0 Å². The van der Waals surface area contributed by atoms with Crippen molar-refractivity contribution in [3.05, 3.63) is 23.0 Å². The van der Waals surface area contributed by atoms with Crippen LogP contribution in [0.3, 0.4) is 0 Å². The monoisotopic (exact) mass is 386 g/mol. The quantitative estimate of drug-likeness (QED) is 0.395. The first-order valence-corrected chi connectivity index (χ1v) is 10.3. The van der Waals surface area contributed by atoms with E-state index in [1.54, 1.807) is 13.8 Å². The third-order valence-electron chi connectivity index (χ3n) is 5.57. The minimum atomic E-state index is -2.94. The van der Waals surface area contributed by atoms with E-state index in [1.165, 1.54) is 44.6 Å². The standard InChI is InChI=1S/C22H33F3O2/c1-4-6-7-8-16-9-11-17(12-10-16)14-27-21-15(3)13-18(26-5-2)20(23)19(21)22(24)25/h13,16-17,22H,4-12,14H2,1-3H3. The molecule has 0 atom stereocenters. The molecule has 2 rings (SSSR count). The van der Waals surface area contributed by atoms with Crippen molar-refractivity contribution < 1.29 is 22.6 Å². The van der Waals surface area contributed by atoms with Crippen LogP contribution in [-0.2, 0) is 0 Å². The summed E-state index contributed by atoms with van der Waals surface area (Å²) in [5.74, 6) is -0.0191. The smallest absolute Gasteiger partial charge is 0.270 e. The van der Waals surface area contributed by atoms with E-state index >= 15 is 0 Å². The van der Waals surface area contributed by atoms with Gasteiger partial charge in [-0.2, -0.15) is 0 Å². The first kappa shape index (κ1) is 21.9. The minimum Gasteiger partial charge on any atom is -0.492 e. The third kappa shape index (κ3) is 6.05. The van der Waals surface area contributed by atoms with Gasteiger partial charge in [-0.05, 0) is 50.2 Å². The van der Waals surface area contributed by atoms with Gasteiger partial charge in [0.15, 0.2) is 11.6 Å². The molecule has 0 bridgehead atoms. The maximum atomic E-state index is 14.4. The Kier molecular flexibility index (Phi) is 8.78. The second-order valence-corrected chi connectivity index (χ2v) is 7.68. The van der Waals surface area contributed by atoms with E-state index in [0.717, 1.165) is 18.8 Å². The van der Waals surface area contributed by atoms with Crippen LogP contribution in [0.25, 0.3) is 0 Å². The third-order valence-corrected chi connectivity index (χ3v) is 5.57. The summed E-state index contributed by atoms with van der Waals surface area (Å²) in [4.78, 5) is 0. The second kappa shape index (κ2) is 10.8. The molecule has 1 saturated carbocycles. The van der Waals surface area contributed by atoms with Gasteiger partial charge in [-0.25, -0.2) is 13.2 Å². The van der Waals surface area contributed by atoms with Gasteiger partial charge < -0.3 is 9.47 Å². The van der Waals surface area contributed by atoms with E-state index in [-0.39, 0.29) is 18.1 Å². The highest BCUT2D eigenvalue weighted by Gasteiger charge is 2.27. The van der Waals surface area contributed by atoms with Crippen LogP contribution in [0.2, 0.25) is 0 Å². The summed E-state index contributed by atoms with van der Waals surface area (Å²) in [5.41, 5.74) is -0.185. The average Bonchev–Trinajstić information content (AvgIpc) is 2.64. The molecule has 0 radical (unpaired) electrons. The van der Waals surface area contributed by atoms with E-state index in [4.69, 9.17) is 9.47 Å². The maximum Gasteiger partial charge on any atom is 0.270 e. The molecule has 0 heterocycles. The molecule has 0 spiro atoms. The molecule has 0 aliphatic heterocycles. The fraction of sp³-hybridized carbons (Fsp3) is 0.727. The van der Waals surface area contributed by atoms with Crippen LogP contribution in [0.1, 0.15) is 82.8 Å². The molecule has 0 amide bonds. The van der Waals surface area contributed by atoms with Crippen LogP contribution >= 0.6 is 0 Å². The Morgan fingerprint density at radius 1 is 1.04 bits per heavy atom. The molecule has 2 nitrogen and oxygen atoms in total. The van der Waals surface area contributed by atoms with Gasteiger partial charge >= 0.3 is 0 Å². The van der Waals surface area contributed by atoms with Gasteiger partial charge in [0.1, 0.15) is 5.75 Å². The van der Waals surface area contributed by atoms with Crippen LogP contribution in [0.5, 0.6) is 11.5 Å². The predicted molar refractivity (Wildman–Crippen MR) is 102 cm³/mol. The fourth-order valence-corrected chi connectivity index (χ4v) is 3.99. The Morgan fingerprint density at radius 3 is 2.30 bits per heavy atom. The number of alkyl halides is 2. The Balaban J connectivity index is 1.97. The molecule has 0 N–H and O–H groups in total. The molecule has 1 aliphatic rings. The van der Waals surface area contributed by atoms with Crippen LogP contribution in [0.4, 0.5) is 13.2 Å². The van der Waals surface area contributed by atoms with E-state index in [0.29, 0.717) is 18.1 Å². The van der Waals surface area contributed by atoms with Crippen molar-refractivity contribution in [2.24, 2.45) is 11.8 Å². The number of rotatable bonds is 10. The highest BCUT2D eigenvalue weighted by Crippen LogP contribution is 2.40. The topological polar surface area (TPSA) is 18.5 Å². The highest BCUT2D eigenvalue weighted by atomic mass is 19.3. The van der Waals surface area contributed by atoms with E-state index < -0.39 is 17.8 Å². The molecule has 1 aromatic carbocycles. The van der Waals surface area contributed by atoms with Gasteiger partial charge in [-0.1, -0.05) is 45.4 Å². The number of benzene rings is 1. The van der Waals surface area contributed by atoms with Gasteiger partial charge in [-0.3, -0.25) is 0 Å². The lowest BCUT2D eigenvalue weighted by Crippen LogP contribution is -2.21. The summed E-state index contributed by atoms with van der Waals surface area (Å²) in [6, 6.07) is 1.45. The zero-order valence-corrected chi connectivity index (χ0v) is 16.8. The van der Waals surface area contributed by atoms with Crippen LogP contribution in [0.15, 0.2) is 6.07 Å². The number of hydrogen-bond acceptors (Lipinski definition) is 2. The number of unbranched alkanes of at least 4 members (excludes halogenated alkanes) is 2. The van der Waals surface area contributed by atoms with Crippen LogP contribution in [0, 0.1) is 24.6 Å². The number of aryl methyl sites for hydroxylation is 1. The molecule has 27 heavy (non-hydrogen) atoms.